The molecule has 12 rings (SSSR count). The highest BCUT2D eigenvalue weighted by atomic mass is 19.4. The molecule has 12 aromatic rings. The van der Waals surface area contributed by atoms with E-state index in [2.05, 4.69) is 126 Å². The highest BCUT2D eigenvalue weighted by Gasteiger charge is 2.30. The molecule has 0 saturated carbocycles. The fourth-order valence-electron chi connectivity index (χ4n) is 9.41. The average molecular weight is 818 g/mol. The van der Waals surface area contributed by atoms with E-state index >= 15 is 0 Å². The molecule has 0 N–H and O–H groups in total. The molecule has 63 heavy (non-hydrogen) atoms. The van der Waals surface area contributed by atoms with Gasteiger partial charge in [0.05, 0.1) is 22.3 Å². The lowest BCUT2D eigenvalue weighted by Gasteiger charge is -2.15. The topological polar surface area (TPSA) is 30.7 Å². The Hall–Kier alpha value is -8.09. The van der Waals surface area contributed by atoms with Crippen LogP contribution in [0.5, 0.6) is 0 Å². The molecule has 0 aliphatic rings. The SMILES string of the molecule is FC(F)(F)c1ccc(-c2ccc3c(c2)c2cc4c5ccccc5c5cc(-c6cccc7ccccc67)ccc5c4cc2n3-c2cc(-c3ccccc3)nc(-c3ccccc3)n2)cc1. The highest BCUT2D eigenvalue weighted by Crippen LogP contribution is 2.44. The van der Waals surface area contributed by atoms with Gasteiger partial charge in [0.25, 0.3) is 0 Å². The average Bonchev–Trinajstić information content (AvgIpc) is 3.66. The largest absolute Gasteiger partial charge is 0.416 e. The summed E-state index contributed by atoms with van der Waals surface area (Å²) in [7, 11) is 0. The minimum atomic E-state index is -4.42. The van der Waals surface area contributed by atoms with Crippen molar-refractivity contribution in [1.82, 2.24) is 14.5 Å². The zero-order valence-electron chi connectivity index (χ0n) is 33.6. The van der Waals surface area contributed by atoms with Gasteiger partial charge in [-0.15, -0.1) is 0 Å². The van der Waals surface area contributed by atoms with Crippen molar-refractivity contribution < 1.29 is 13.2 Å². The first-order valence-corrected chi connectivity index (χ1v) is 20.9. The first kappa shape index (κ1) is 36.7. The number of rotatable bonds is 5. The van der Waals surface area contributed by atoms with E-state index in [0.717, 1.165) is 94.2 Å². The third kappa shape index (κ3) is 6.13. The van der Waals surface area contributed by atoms with Gasteiger partial charge in [0.1, 0.15) is 5.82 Å². The van der Waals surface area contributed by atoms with E-state index in [-0.39, 0.29) is 0 Å². The molecule has 0 fully saturated rings. The van der Waals surface area contributed by atoms with Crippen molar-refractivity contribution >= 4 is 64.9 Å². The maximum atomic E-state index is 13.6. The second-order valence-corrected chi connectivity index (χ2v) is 16.1. The first-order valence-electron chi connectivity index (χ1n) is 20.9. The third-order valence-electron chi connectivity index (χ3n) is 12.4. The van der Waals surface area contributed by atoms with Crippen LogP contribution in [0, 0.1) is 0 Å². The molecule has 0 atom stereocenters. The summed E-state index contributed by atoms with van der Waals surface area (Å²) in [6.45, 7) is 0. The number of hydrogen-bond donors (Lipinski definition) is 0. The Labute approximate surface area is 360 Å². The number of hydrogen-bond acceptors (Lipinski definition) is 2. The number of nitrogens with zero attached hydrogens (tertiary/aromatic N) is 3. The van der Waals surface area contributed by atoms with Gasteiger partial charge in [-0.3, -0.25) is 4.57 Å². The number of alkyl halides is 3. The van der Waals surface area contributed by atoms with Crippen molar-refractivity contribution in [3.05, 3.63) is 212 Å². The standard InChI is InChI=1S/C57H34F3N3/c58-57(59,60)41-26-22-35(23-27-41)39-25-29-53-50(30-39)51-32-48-45-20-10-9-19-44(45)47-31-40(43-21-11-17-36-12-7-8-18-42(36)43)24-28-46(47)49(48)33-54(51)63(53)55-34-52(37-13-3-1-4-14-37)61-56(62-55)38-15-5-2-6-16-38/h1-34H. The molecule has 10 aromatic carbocycles. The molecule has 3 nitrogen and oxygen atoms in total. The predicted octanol–water partition coefficient (Wildman–Crippen LogP) is 15.9. The van der Waals surface area contributed by atoms with Gasteiger partial charge in [0, 0.05) is 28.0 Å². The van der Waals surface area contributed by atoms with Gasteiger partial charge in [-0.25, -0.2) is 9.97 Å². The van der Waals surface area contributed by atoms with Crippen molar-refractivity contribution in [1.29, 1.82) is 0 Å². The van der Waals surface area contributed by atoms with Crippen LogP contribution in [0.2, 0.25) is 0 Å². The van der Waals surface area contributed by atoms with Gasteiger partial charge in [0.2, 0.25) is 0 Å². The van der Waals surface area contributed by atoms with Crippen LogP contribution in [-0.2, 0) is 6.18 Å². The molecule has 0 spiro atoms. The quantitative estimate of drug-likeness (QED) is 0.162. The molecule has 0 amide bonds. The third-order valence-corrected chi connectivity index (χ3v) is 12.4. The summed E-state index contributed by atoms with van der Waals surface area (Å²) in [6, 6.07) is 68.7. The molecule has 0 unspecified atom stereocenters. The summed E-state index contributed by atoms with van der Waals surface area (Å²) in [4.78, 5) is 10.4. The Morgan fingerprint density at radius 1 is 0.349 bits per heavy atom. The maximum absolute atomic E-state index is 13.6. The van der Waals surface area contributed by atoms with Gasteiger partial charge in [-0.05, 0) is 108 Å². The van der Waals surface area contributed by atoms with Crippen molar-refractivity contribution in [2.75, 3.05) is 0 Å². The number of halogens is 3. The van der Waals surface area contributed by atoms with E-state index in [0.29, 0.717) is 17.2 Å². The van der Waals surface area contributed by atoms with Crippen molar-refractivity contribution in [3.8, 4) is 50.7 Å². The van der Waals surface area contributed by atoms with Crippen LogP contribution in [-0.4, -0.2) is 14.5 Å². The Kier molecular flexibility index (Phi) is 8.31. The molecule has 0 bridgehead atoms. The molecule has 2 aromatic heterocycles. The zero-order chi connectivity index (χ0) is 42.2. The van der Waals surface area contributed by atoms with Crippen LogP contribution in [0.1, 0.15) is 5.56 Å². The second kappa shape index (κ2) is 14.3. The van der Waals surface area contributed by atoms with Crippen molar-refractivity contribution in [2.24, 2.45) is 0 Å². The Morgan fingerprint density at radius 2 is 0.921 bits per heavy atom. The molecule has 0 aliphatic heterocycles. The monoisotopic (exact) mass is 817 g/mol. The fourth-order valence-corrected chi connectivity index (χ4v) is 9.41. The maximum Gasteiger partial charge on any atom is 0.416 e. The van der Waals surface area contributed by atoms with Crippen LogP contribution in [0.4, 0.5) is 13.2 Å². The lowest BCUT2D eigenvalue weighted by Crippen LogP contribution is -2.04. The van der Waals surface area contributed by atoms with Crippen molar-refractivity contribution in [3.63, 3.8) is 0 Å². The highest BCUT2D eigenvalue weighted by molar-refractivity contribution is 6.29. The summed E-state index contributed by atoms with van der Waals surface area (Å²) in [5.74, 6) is 1.30. The second-order valence-electron chi connectivity index (χ2n) is 16.1. The first-order chi connectivity index (χ1) is 30.9. The number of benzene rings is 10. The van der Waals surface area contributed by atoms with Crippen molar-refractivity contribution in [2.45, 2.75) is 6.18 Å². The Morgan fingerprint density at radius 3 is 1.67 bits per heavy atom. The van der Waals surface area contributed by atoms with E-state index in [4.69, 9.17) is 9.97 Å². The van der Waals surface area contributed by atoms with E-state index < -0.39 is 11.7 Å². The lowest BCUT2D eigenvalue weighted by atomic mass is 9.90. The Bertz CT molecular complexity index is 3700. The van der Waals surface area contributed by atoms with Gasteiger partial charge >= 0.3 is 6.18 Å². The van der Waals surface area contributed by atoms with Gasteiger partial charge in [0.15, 0.2) is 5.82 Å². The summed E-state index contributed by atoms with van der Waals surface area (Å²) in [5, 5.41) is 11.2. The molecule has 0 aliphatic carbocycles. The zero-order valence-corrected chi connectivity index (χ0v) is 33.6. The fraction of sp³-hybridized carbons (Fsp3) is 0.0175. The summed E-state index contributed by atoms with van der Waals surface area (Å²) in [5.41, 5.74) is 7.69. The molecule has 6 heteroatoms. The molecule has 2 heterocycles. The van der Waals surface area contributed by atoms with Crippen LogP contribution >= 0.6 is 0 Å². The van der Waals surface area contributed by atoms with Crippen LogP contribution in [0.3, 0.4) is 0 Å². The minimum Gasteiger partial charge on any atom is -0.294 e. The van der Waals surface area contributed by atoms with Crippen LogP contribution in [0.15, 0.2) is 206 Å². The molecular formula is C57H34F3N3. The number of aromatic nitrogens is 3. The van der Waals surface area contributed by atoms with E-state index in [1.54, 1.807) is 12.1 Å². The van der Waals surface area contributed by atoms with E-state index in [1.807, 2.05) is 60.7 Å². The summed E-state index contributed by atoms with van der Waals surface area (Å²) >= 11 is 0. The van der Waals surface area contributed by atoms with E-state index in [9.17, 15) is 13.2 Å². The van der Waals surface area contributed by atoms with Crippen LogP contribution < -0.4 is 0 Å². The van der Waals surface area contributed by atoms with Gasteiger partial charge in [-0.2, -0.15) is 13.2 Å². The smallest absolute Gasteiger partial charge is 0.294 e. The van der Waals surface area contributed by atoms with Gasteiger partial charge in [-0.1, -0.05) is 158 Å². The molecular weight excluding hydrogens is 784 g/mol. The van der Waals surface area contributed by atoms with Gasteiger partial charge < -0.3 is 0 Å². The normalized spacial score (nSPS) is 12.0. The predicted molar refractivity (Wildman–Crippen MR) is 253 cm³/mol. The Balaban J connectivity index is 1.17. The molecule has 0 saturated heterocycles. The lowest BCUT2D eigenvalue weighted by molar-refractivity contribution is -0.137. The molecule has 0 radical (unpaired) electrons. The molecule has 298 valence electrons. The van der Waals surface area contributed by atoms with E-state index in [1.165, 1.54) is 16.3 Å². The summed E-state index contributed by atoms with van der Waals surface area (Å²) in [6.07, 6.45) is -4.42. The summed E-state index contributed by atoms with van der Waals surface area (Å²) < 4.78 is 43.1. The van der Waals surface area contributed by atoms with Crippen LogP contribution in [0.25, 0.3) is 116 Å². The number of fused-ring (bicyclic) bond motifs is 10. The minimum absolute atomic E-state index is 0.599.